The number of amides is 1. The second kappa shape index (κ2) is 9.11. The van der Waals surface area contributed by atoms with E-state index >= 15 is 0 Å². The Hall–Kier alpha value is -3.15. The lowest BCUT2D eigenvalue weighted by Gasteiger charge is -2.35. The number of piperazine rings is 1. The summed E-state index contributed by atoms with van der Waals surface area (Å²) >= 11 is 0. The molecule has 1 fully saturated rings. The molecule has 2 aromatic carbocycles. The average molecular weight is 405 g/mol. The number of aromatic nitrogens is 2. The Labute approximate surface area is 177 Å². The van der Waals surface area contributed by atoms with E-state index in [2.05, 4.69) is 9.88 Å². The molecule has 0 unspecified atom stereocenters. The lowest BCUT2D eigenvalue weighted by atomic mass is 10.1. The number of rotatable bonds is 6. The third-order valence-electron chi connectivity index (χ3n) is 5.58. The number of fused-ring (bicyclic) bond motifs is 1. The molecule has 0 atom stereocenters. The van der Waals surface area contributed by atoms with Crippen molar-refractivity contribution in [1.29, 1.82) is 0 Å². The topological polar surface area (TPSA) is 58.6 Å². The molecular formula is C24H28N4O2. The number of para-hydroxylation sites is 3. The van der Waals surface area contributed by atoms with Crippen molar-refractivity contribution in [3.05, 3.63) is 59.8 Å². The SMILES string of the molecule is Cc1cccc(C)c1OCCCC(=O)N1CCN(c2cnc3ccccc3n2)CC1. The van der Waals surface area contributed by atoms with Crippen LogP contribution in [0.25, 0.3) is 11.0 Å². The highest BCUT2D eigenvalue weighted by atomic mass is 16.5. The Balaban J connectivity index is 1.24. The largest absolute Gasteiger partial charge is 0.493 e. The van der Waals surface area contributed by atoms with Crippen LogP contribution in [0, 0.1) is 13.8 Å². The molecule has 1 aliphatic heterocycles. The molecule has 0 bridgehead atoms. The van der Waals surface area contributed by atoms with E-state index in [1.807, 2.05) is 67.4 Å². The maximum atomic E-state index is 12.6. The van der Waals surface area contributed by atoms with Gasteiger partial charge in [-0.2, -0.15) is 0 Å². The number of carbonyl (C=O) groups is 1. The molecule has 2 heterocycles. The Morgan fingerprint density at radius 3 is 2.40 bits per heavy atom. The second-order valence-electron chi connectivity index (χ2n) is 7.76. The number of aryl methyl sites for hydroxylation is 2. The first-order chi connectivity index (χ1) is 14.6. The number of benzene rings is 2. The van der Waals surface area contributed by atoms with E-state index < -0.39 is 0 Å². The van der Waals surface area contributed by atoms with E-state index in [-0.39, 0.29) is 5.91 Å². The van der Waals surface area contributed by atoms with Crippen molar-refractivity contribution in [1.82, 2.24) is 14.9 Å². The van der Waals surface area contributed by atoms with Gasteiger partial charge in [-0.3, -0.25) is 9.78 Å². The summed E-state index contributed by atoms with van der Waals surface area (Å²) < 4.78 is 5.92. The predicted molar refractivity (Wildman–Crippen MR) is 119 cm³/mol. The molecule has 0 aliphatic carbocycles. The smallest absolute Gasteiger partial charge is 0.222 e. The van der Waals surface area contributed by atoms with Crippen molar-refractivity contribution in [2.45, 2.75) is 26.7 Å². The summed E-state index contributed by atoms with van der Waals surface area (Å²) in [6.45, 7) is 7.63. The molecule has 156 valence electrons. The highest BCUT2D eigenvalue weighted by Gasteiger charge is 2.22. The summed E-state index contributed by atoms with van der Waals surface area (Å²) in [7, 11) is 0. The molecule has 6 nitrogen and oxygen atoms in total. The Kier molecular flexibility index (Phi) is 6.12. The van der Waals surface area contributed by atoms with Crippen molar-refractivity contribution in [3.63, 3.8) is 0 Å². The Bertz CT molecular complexity index is 1010. The molecule has 1 aliphatic rings. The highest BCUT2D eigenvalue weighted by molar-refractivity contribution is 5.77. The van der Waals surface area contributed by atoms with E-state index in [4.69, 9.17) is 9.72 Å². The van der Waals surface area contributed by atoms with Crippen molar-refractivity contribution in [2.24, 2.45) is 0 Å². The van der Waals surface area contributed by atoms with Crippen LogP contribution in [-0.4, -0.2) is 53.6 Å². The van der Waals surface area contributed by atoms with E-state index in [0.717, 1.165) is 53.2 Å². The molecule has 6 heteroatoms. The first-order valence-corrected chi connectivity index (χ1v) is 10.6. The molecule has 1 saturated heterocycles. The Morgan fingerprint density at radius 1 is 0.967 bits per heavy atom. The summed E-state index contributed by atoms with van der Waals surface area (Å²) in [5.41, 5.74) is 4.07. The standard InChI is InChI=1S/C24H28N4O2/c1-18-7-5-8-19(2)24(18)30-16-6-11-23(29)28-14-12-27(13-15-28)22-17-25-20-9-3-4-10-21(20)26-22/h3-5,7-10,17H,6,11-16H2,1-2H3. The van der Waals surface area contributed by atoms with Gasteiger partial charge >= 0.3 is 0 Å². The van der Waals surface area contributed by atoms with Crippen LogP contribution < -0.4 is 9.64 Å². The fourth-order valence-corrected chi connectivity index (χ4v) is 3.87. The van der Waals surface area contributed by atoms with Gasteiger partial charge in [0.2, 0.25) is 5.91 Å². The van der Waals surface area contributed by atoms with Gasteiger partial charge < -0.3 is 14.5 Å². The number of carbonyl (C=O) groups excluding carboxylic acids is 1. The van der Waals surface area contributed by atoms with Gasteiger partial charge in [0.25, 0.3) is 0 Å². The van der Waals surface area contributed by atoms with Crippen molar-refractivity contribution >= 4 is 22.8 Å². The van der Waals surface area contributed by atoms with Crippen LogP contribution in [0.2, 0.25) is 0 Å². The number of hydrogen-bond donors (Lipinski definition) is 0. The molecule has 4 rings (SSSR count). The molecule has 3 aromatic rings. The average Bonchev–Trinajstić information content (AvgIpc) is 2.78. The molecule has 0 radical (unpaired) electrons. The number of hydrogen-bond acceptors (Lipinski definition) is 5. The van der Waals surface area contributed by atoms with Crippen LogP contribution in [0.1, 0.15) is 24.0 Å². The molecule has 30 heavy (non-hydrogen) atoms. The summed E-state index contributed by atoms with van der Waals surface area (Å²) in [6.07, 6.45) is 3.06. The summed E-state index contributed by atoms with van der Waals surface area (Å²) in [5, 5.41) is 0. The van der Waals surface area contributed by atoms with Gasteiger partial charge in [-0.15, -0.1) is 0 Å². The fourth-order valence-electron chi connectivity index (χ4n) is 3.87. The minimum absolute atomic E-state index is 0.198. The normalized spacial score (nSPS) is 14.2. The van der Waals surface area contributed by atoms with Gasteiger partial charge in [-0.05, 0) is 43.5 Å². The minimum Gasteiger partial charge on any atom is -0.493 e. The first-order valence-electron chi connectivity index (χ1n) is 10.6. The van der Waals surface area contributed by atoms with Gasteiger partial charge in [-0.1, -0.05) is 30.3 Å². The van der Waals surface area contributed by atoms with E-state index in [0.29, 0.717) is 26.1 Å². The summed E-state index contributed by atoms with van der Waals surface area (Å²) in [5.74, 6) is 2.02. The maximum absolute atomic E-state index is 12.6. The molecule has 0 saturated carbocycles. The zero-order chi connectivity index (χ0) is 20.9. The number of anilines is 1. The monoisotopic (exact) mass is 404 g/mol. The zero-order valence-corrected chi connectivity index (χ0v) is 17.7. The highest BCUT2D eigenvalue weighted by Crippen LogP contribution is 2.22. The van der Waals surface area contributed by atoms with Crippen LogP contribution in [0.4, 0.5) is 5.82 Å². The van der Waals surface area contributed by atoms with E-state index in [1.165, 1.54) is 0 Å². The van der Waals surface area contributed by atoms with Gasteiger partial charge in [-0.25, -0.2) is 4.98 Å². The van der Waals surface area contributed by atoms with Crippen LogP contribution in [0.3, 0.4) is 0 Å². The summed E-state index contributed by atoms with van der Waals surface area (Å²) in [6, 6.07) is 14.0. The second-order valence-corrected chi connectivity index (χ2v) is 7.76. The van der Waals surface area contributed by atoms with Gasteiger partial charge in [0.15, 0.2) is 0 Å². The van der Waals surface area contributed by atoms with Gasteiger partial charge in [0, 0.05) is 32.6 Å². The van der Waals surface area contributed by atoms with Crippen molar-refractivity contribution in [2.75, 3.05) is 37.7 Å². The van der Waals surface area contributed by atoms with Crippen LogP contribution in [0.15, 0.2) is 48.7 Å². The van der Waals surface area contributed by atoms with Crippen LogP contribution in [0.5, 0.6) is 5.75 Å². The zero-order valence-electron chi connectivity index (χ0n) is 17.7. The fraction of sp³-hybridized carbons (Fsp3) is 0.375. The van der Waals surface area contributed by atoms with Crippen molar-refractivity contribution < 1.29 is 9.53 Å². The number of nitrogens with zero attached hydrogens (tertiary/aromatic N) is 4. The summed E-state index contributed by atoms with van der Waals surface area (Å²) in [4.78, 5) is 26.0. The van der Waals surface area contributed by atoms with Crippen molar-refractivity contribution in [3.8, 4) is 5.75 Å². The molecule has 1 amide bonds. The van der Waals surface area contributed by atoms with Crippen LogP contribution >= 0.6 is 0 Å². The molecule has 0 N–H and O–H groups in total. The van der Waals surface area contributed by atoms with Gasteiger partial charge in [0.1, 0.15) is 11.6 Å². The predicted octanol–water partition coefficient (Wildman–Crippen LogP) is 3.75. The molecular weight excluding hydrogens is 376 g/mol. The maximum Gasteiger partial charge on any atom is 0.222 e. The molecule has 0 spiro atoms. The number of ether oxygens (including phenoxy) is 1. The third kappa shape index (κ3) is 4.53. The Morgan fingerprint density at radius 2 is 1.67 bits per heavy atom. The first kappa shape index (κ1) is 20.1. The third-order valence-corrected chi connectivity index (χ3v) is 5.58. The lowest BCUT2D eigenvalue weighted by Crippen LogP contribution is -2.49. The minimum atomic E-state index is 0.198. The lowest BCUT2D eigenvalue weighted by molar-refractivity contribution is -0.131. The van der Waals surface area contributed by atoms with E-state index in [1.54, 1.807) is 0 Å². The quantitative estimate of drug-likeness (QED) is 0.586. The van der Waals surface area contributed by atoms with E-state index in [9.17, 15) is 4.79 Å². The van der Waals surface area contributed by atoms with Gasteiger partial charge in [0.05, 0.1) is 23.8 Å². The van der Waals surface area contributed by atoms with Crippen LogP contribution in [-0.2, 0) is 4.79 Å². The molecule has 1 aromatic heterocycles.